The fraction of sp³-hybridized carbons (Fsp3) is 0.333. The number of aromatic nitrogens is 2. The number of aryl methyl sites for hydroxylation is 2. The van der Waals surface area contributed by atoms with Crippen molar-refractivity contribution in [1.82, 2.24) is 9.97 Å². The summed E-state index contributed by atoms with van der Waals surface area (Å²) >= 11 is 0. The van der Waals surface area contributed by atoms with Crippen molar-refractivity contribution in [2.45, 2.75) is 36.8 Å². The molecule has 0 unspecified atom stereocenters. The van der Waals surface area contributed by atoms with E-state index >= 15 is 0 Å². The Morgan fingerprint density at radius 3 is 2.21 bits per heavy atom. The van der Waals surface area contributed by atoms with Crippen LogP contribution in [0.5, 0.6) is 0 Å². The van der Waals surface area contributed by atoms with Gasteiger partial charge in [0.2, 0.25) is 5.95 Å². The molecule has 3 heterocycles. The maximum absolute atomic E-state index is 13.1. The van der Waals surface area contributed by atoms with Crippen LogP contribution in [-0.4, -0.2) is 36.7 Å². The Labute approximate surface area is 165 Å². The molecular formula is C21H23N3O3S. The first kappa shape index (κ1) is 18.7. The van der Waals surface area contributed by atoms with Gasteiger partial charge in [-0.1, -0.05) is 0 Å². The van der Waals surface area contributed by atoms with Gasteiger partial charge in [-0.25, -0.2) is 18.4 Å². The van der Waals surface area contributed by atoms with Gasteiger partial charge in [-0.15, -0.1) is 0 Å². The van der Waals surface area contributed by atoms with E-state index in [0.717, 1.165) is 22.7 Å². The minimum Gasteiger partial charge on any atom is -0.464 e. The lowest BCUT2D eigenvalue weighted by Crippen LogP contribution is -2.40. The fourth-order valence-electron chi connectivity index (χ4n) is 3.66. The largest absolute Gasteiger partial charge is 0.464 e. The zero-order chi connectivity index (χ0) is 19.7. The Morgan fingerprint density at radius 2 is 1.64 bits per heavy atom. The van der Waals surface area contributed by atoms with Crippen LogP contribution in [0.4, 0.5) is 5.95 Å². The zero-order valence-corrected chi connectivity index (χ0v) is 16.8. The first-order valence-electron chi connectivity index (χ1n) is 9.38. The van der Waals surface area contributed by atoms with Crippen LogP contribution in [0.3, 0.4) is 0 Å². The standard InChI is InChI=1S/C21H23N3O3S/c1-15-14-16(2)23-21(22-15)24-11-9-19(10-12-24)28(25,26)18-7-5-17(6-8-18)20-4-3-13-27-20/h3-8,13-14,19H,9-12H2,1-2H3. The van der Waals surface area contributed by atoms with E-state index in [2.05, 4.69) is 14.9 Å². The number of anilines is 1. The molecule has 1 aliphatic heterocycles. The molecule has 146 valence electrons. The molecule has 0 amide bonds. The third-order valence-corrected chi connectivity index (χ3v) is 7.40. The van der Waals surface area contributed by atoms with Crippen LogP contribution >= 0.6 is 0 Å². The second-order valence-electron chi connectivity index (χ2n) is 7.18. The van der Waals surface area contributed by atoms with Crippen LogP contribution in [0.25, 0.3) is 11.3 Å². The summed E-state index contributed by atoms with van der Waals surface area (Å²) in [7, 11) is -3.37. The summed E-state index contributed by atoms with van der Waals surface area (Å²) in [5, 5.41) is -0.385. The van der Waals surface area contributed by atoms with E-state index in [-0.39, 0.29) is 5.25 Å². The van der Waals surface area contributed by atoms with E-state index in [1.165, 1.54) is 0 Å². The Bertz CT molecular complexity index is 1030. The average molecular weight is 398 g/mol. The number of hydrogen-bond acceptors (Lipinski definition) is 6. The lowest BCUT2D eigenvalue weighted by Gasteiger charge is -2.32. The SMILES string of the molecule is Cc1cc(C)nc(N2CCC(S(=O)(=O)c3ccc(-c4ccco4)cc3)CC2)n1. The molecule has 7 heteroatoms. The maximum Gasteiger partial charge on any atom is 0.225 e. The second-order valence-corrected chi connectivity index (χ2v) is 9.41. The van der Waals surface area contributed by atoms with Gasteiger partial charge in [0.25, 0.3) is 0 Å². The molecule has 1 aliphatic rings. The Morgan fingerprint density at radius 1 is 1.00 bits per heavy atom. The van der Waals surface area contributed by atoms with Gasteiger partial charge >= 0.3 is 0 Å². The average Bonchev–Trinajstić information content (AvgIpc) is 3.22. The predicted molar refractivity (Wildman–Crippen MR) is 108 cm³/mol. The second kappa shape index (κ2) is 7.39. The van der Waals surface area contributed by atoms with Gasteiger partial charge in [0.15, 0.2) is 9.84 Å². The number of rotatable bonds is 4. The van der Waals surface area contributed by atoms with Crippen molar-refractivity contribution in [1.29, 1.82) is 0 Å². The molecular weight excluding hydrogens is 374 g/mol. The normalized spacial score (nSPS) is 15.7. The van der Waals surface area contributed by atoms with Gasteiger partial charge in [-0.2, -0.15) is 0 Å². The number of furan rings is 1. The maximum atomic E-state index is 13.1. The molecule has 1 saturated heterocycles. The van der Waals surface area contributed by atoms with Gasteiger partial charge in [0, 0.05) is 30.0 Å². The molecule has 2 aromatic heterocycles. The number of nitrogens with zero attached hydrogens (tertiary/aromatic N) is 3. The fourth-order valence-corrected chi connectivity index (χ4v) is 5.39. The van der Waals surface area contributed by atoms with Crippen molar-refractivity contribution < 1.29 is 12.8 Å². The number of piperidine rings is 1. The van der Waals surface area contributed by atoms with Gasteiger partial charge < -0.3 is 9.32 Å². The highest BCUT2D eigenvalue weighted by molar-refractivity contribution is 7.92. The molecule has 0 aliphatic carbocycles. The zero-order valence-electron chi connectivity index (χ0n) is 16.0. The lowest BCUT2D eigenvalue weighted by atomic mass is 10.1. The van der Waals surface area contributed by atoms with Crippen molar-refractivity contribution >= 4 is 15.8 Å². The van der Waals surface area contributed by atoms with Crippen LogP contribution in [0.1, 0.15) is 24.2 Å². The summed E-state index contributed by atoms with van der Waals surface area (Å²) < 4.78 is 31.5. The lowest BCUT2D eigenvalue weighted by molar-refractivity contribution is 0.525. The minimum absolute atomic E-state index is 0.365. The van der Waals surface area contributed by atoms with E-state index in [1.54, 1.807) is 30.5 Å². The van der Waals surface area contributed by atoms with Gasteiger partial charge in [0.05, 0.1) is 16.4 Å². The van der Waals surface area contributed by atoms with E-state index < -0.39 is 9.84 Å². The Hall–Kier alpha value is -2.67. The van der Waals surface area contributed by atoms with Crippen LogP contribution in [0.15, 0.2) is 58.0 Å². The van der Waals surface area contributed by atoms with Crippen LogP contribution in [0.2, 0.25) is 0 Å². The highest BCUT2D eigenvalue weighted by Gasteiger charge is 2.32. The molecule has 0 atom stereocenters. The summed E-state index contributed by atoms with van der Waals surface area (Å²) in [6.07, 6.45) is 2.74. The van der Waals surface area contributed by atoms with E-state index in [4.69, 9.17) is 4.42 Å². The molecule has 6 nitrogen and oxygen atoms in total. The summed E-state index contributed by atoms with van der Waals surface area (Å²) in [5.41, 5.74) is 2.72. The molecule has 0 N–H and O–H groups in total. The van der Waals surface area contributed by atoms with E-state index in [1.807, 2.05) is 32.0 Å². The van der Waals surface area contributed by atoms with Crippen molar-refractivity contribution in [2.75, 3.05) is 18.0 Å². The van der Waals surface area contributed by atoms with Gasteiger partial charge in [-0.3, -0.25) is 0 Å². The molecule has 4 rings (SSSR count). The highest BCUT2D eigenvalue weighted by Crippen LogP contribution is 2.28. The molecule has 1 fully saturated rings. The molecule has 0 saturated carbocycles. The smallest absolute Gasteiger partial charge is 0.225 e. The Kier molecular flexibility index (Phi) is 4.93. The van der Waals surface area contributed by atoms with Gasteiger partial charge in [-0.05, 0) is 69.2 Å². The molecule has 3 aromatic rings. The van der Waals surface area contributed by atoms with Crippen molar-refractivity contribution in [3.05, 3.63) is 60.1 Å². The summed E-state index contributed by atoms with van der Waals surface area (Å²) in [5.74, 6) is 1.42. The van der Waals surface area contributed by atoms with E-state index in [0.29, 0.717) is 36.8 Å². The number of benzene rings is 1. The van der Waals surface area contributed by atoms with Crippen LogP contribution < -0.4 is 4.90 Å². The summed E-state index contributed by atoms with van der Waals surface area (Å²) in [6, 6.07) is 12.5. The van der Waals surface area contributed by atoms with Crippen molar-refractivity contribution in [2.24, 2.45) is 0 Å². The van der Waals surface area contributed by atoms with Crippen LogP contribution in [0, 0.1) is 13.8 Å². The molecule has 0 radical (unpaired) electrons. The monoisotopic (exact) mass is 397 g/mol. The number of hydrogen-bond donors (Lipinski definition) is 0. The third kappa shape index (κ3) is 3.67. The molecule has 0 spiro atoms. The van der Waals surface area contributed by atoms with E-state index in [9.17, 15) is 8.42 Å². The van der Waals surface area contributed by atoms with Gasteiger partial charge in [0.1, 0.15) is 5.76 Å². The Balaban J connectivity index is 1.47. The predicted octanol–water partition coefficient (Wildman–Crippen LogP) is 3.80. The third-order valence-electron chi connectivity index (χ3n) is 5.12. The molecule has 28 heavy (non-hydrogen) atoms. The number of sulfone groups is 1. The molecule has 1 aromatic carbocycles. The topological polar surface area (TPSA) is 76.3 Å². The van der Waals surface area contributed by atoms with Crippen LogP contribution in [-0.2, 0) is 9.84 Å². The summed E-state index contributed by atoms with van der Waals surface area (Å²) in [4.78, 5) is 11.4. The van der Waals surface area contributed by atoms with Crippen molar-refractivity contribution in [3.63, 3.8) is 0 Å². The summed E-state index contributed by atoms with van der Waals surface area (Å²) in [6.45, 7) is 5.16. The molecule has 0 bridgehead atoms. The van der Waals surface area contributed by atoms with Crippen molar-refractivity contribution in [3.8, 4) is 11.3 Å². The first-order valence-corrected chi connectivity index (χ1v) is 10.9. The minimum atomic E-state index is -3.37. The quantitative estimate of drug-likeness (QED) is 0.667. The first-order chi connectivity index (χ1) is 13.4. The highest BCUT2D eigenvalue weighted by atomic mass is 32.2.